The molecule has 3 aromatic carbocycles. The van der Waals surface area contributed by atoms with Crippen molar-refractivity contribution in [3.8, 4) is 28.3 Å². The fourth-order valence-corrected chi connectivity index (χ4v) is 8.63. The molecule has 1 amide bonds. The number of fused-ring (bicyclic) bond motifs is 4. The zero-order valence-electron chi connectivity index (χ0n) is 31.8. The first kappa shape index (κ1) is 35.9. The summed E-state index contributed by atoms with van der Waals surface area (Å²) in [7, 11) is 3.96. The van der Waals surface area contributed by atoms with Gasteiger partial charge in [0.15, 0.2) is 5.82 Å². The van der Waals surface area contributed by atoms with Crippen LogP contribution in [0, 0.1) is 34.6 Å². The van der Waals surface area contributed by atoms with Gasteiger partial charge in [0.05, 0.1) is 29.5 Å². The minimum Gasteiger partial charge on any atom is -0.494 e. The van der Waals surface area contributed by atoms with Crippen LogP contribution in [0.25, 0.3) is 44.3 Å². The van der Waals surface area contributed by atoms with Crippen LogP contribution in [0.2, 0.25) is 5.02 Å². The van der Waals surface area contributed by atoms with E-state index in [0.717, 1.165) is 88.7 Å². The van der Waals surface area contributed by atoms with Crippen LogP contribution >= 0.6 is 23.2 Å². The van der Waals surface area contributed by atoms with Gasteiger partial charge < -0.3 is 13.9 Å². The Morgan fingerprint density at radius 2 is 1.70 bits per heavy atom. The van der Waals surface area contributed by atoms with Crippen LogP contribution in [0.3, 0.4) is 0 Å². The molecule has 0 saturated heterocycles. The number of para-hydroxylation sites is 1. The van der Waals surface area contributed by atoms with Crippen molar-refractivity contribution in [2.24, 2.45) is 14.1 Å². The minimum absolute atomic E-state index is 0.139. The smallest absolute Gasteiger partial charge is 0.276 e. The molecule has 0 spiro atoms. The molecule has 0 bridgehead atoms. The van der Waals surface area contributed by atoms with Gasteiger partial charge in [0.1, 0.15) is 16.9 Å². The molecule has 4 aromatic heterocycles. The second kappa shape index (κ2) is 13.6. The van der Waals surface area contributed by atoms with Crippen LogP contribution in [0.1, 0.15) is 63.6 Å². The van der Waals surface area contributed by atoms with Crippen LogP contribution in [0.5, 0.6) is 5.75 Å². The molecule has 1 unspecified atom stereocenters. The highest BCUT2D eigenvalue weighted by atomic mass is 35.5. The standard InChI is InChI=1S/C43H43Cl2N7O2/c1-23-19-30(20-24(2)38(23)44)54-18-10-13-32-31-11-9-12-33(37-26(4)48-50(8)27(37)5)39(31)51-28(6)41(45)52(43(53)40(32)51)36-22-49(7)35-15-14-29(21-34(35)36)42-46-17-16-25(3)47-42/h9,11-12,14-17,19-22,28,41H,10,13,18H2,1-8H3/t28?,41-/m0/s1. The van der Waals surface area contributed by atoms with Gasteiger partial charge in [-0.2, -0.15) is 5.10 Å². The van der Waals surface area contributed by atoms with Gasteiger partial charge in [-0.1, -0.05) is 41.4 Å². The molecule has 54 heavy (non-hydrogen) atoms. The Balaban J connectivity index is 1.27. The lowest BCUT2D eigenvalue weighted by Crippen LogP contribution is -2.47. The Kier molecular flexibility index (Phi) is 9.05. The number of carbonyl (C=O) groups is 1. The van der Waals surface area contributed by atoms with E-state index in [1.54, 1.807) is 11.1 Å². The molecule has 1 aliphatic heterocycles. The Bertz CT molecular complexity index is 2610. The largest absolute Gasteiger partial charge is 0.494 e. The van der Waals surface area contributed by atoms with Crippen molar-refractivity contribution >= 4 is 56.6 Å². The molecule has 276 valence electrons. The molecule has 1 aliphatic rings. The molecule has 0 N–H and O–H groups in total. The lowest BCUT2D eigenvalue weighted by Gasteiger charge is -2.38. The Labute approximate surface area is 325 Å². The summed E-state index contributed by atoms with van der Waals surface area (Å²) in [6.07, 6.45) is 5.09. The predicted molar refractivity (Wildman–Crippen MR) is 218 cm³/mol. The van der Waals surface area contributed by atoms with Gasteiger partial charge in [-0.25, -0.2) is 9.97 Å². The fraction of sp³-hybridized carbons (Fsp3) is 0.302. The quantitative estimate of drug-likeness (QED) is 0.0875. The van der Waals surface area contributed by atoms with Gasteiger partial charge >= 0.3 is 0 Å². The zero-order valence-corrected chi connectivity index (χ0v) is 33.3. The highest BCUT2D eigenvalue weighted by Crippen LogP contribution is 2.46. The number of halogens is 2. The molecule has 0 fully saturated rings. The number of nitrogens with zero attached hydrogens (tertiary/aromatic N) is 7. The van der Waals surface area contributed by atoms with Gasteiger partial charge in [0.2, 0.25) is 0 Å². The maximum Gasteiger partial charge on any atom is 0.276 e. The van der Waals surface area contributed by atoms with Crippen molar-refractivity contribution in [1.29, 1.82) is 0 Å². The van der Waals surface area contributed by atoms with E-state index in [1.165, 1.54) is 0 Å². The number of hydrogen-bond donors (Lipinski definition) is 0. The van der Waals surface area contributed by atoms with E-state index in [-0.39, 0.29) is 11.9 Å². The summed E-state index contributed by atoms with van der Waals surface area (Å²) in [6.45, 7) is 12.6. The van der Waals surface area contributed by atoms with Gasteiger partial charge in [-0.15, -0.1) is 0 Å². The third kappa shape index (κ3) is 5.76. The first-order valence-corrected chi connectivity index (χ1v) is 19.1. The summed E-state index contributed by atoms with van der Waals surface area (Å²) in [5.41, 5.74) is 11.5. The molecule has 11 heteroatoms. The second-order valence-corrected chi connectivity index (χ2v) is 15.4. The number of aromatic nitrogens is 6. The first-order valence-electron chi connectivity index (χ1n) is 18.3. The van der Waals surface area contributed by atoms with E-state index < -0.39 is 5.50 Å². The van der Waals surface area contributed by atoms with Gasteiger partial charge in [-0.3, -0.25) is 14.4 Å². The van der Waals surface area contributed by atoms with E-state index in [1.807, 2.05) is 81.5 Å². The number of ether oxygens (including phenoxy) is 1. The van der Waals surface area contributed by atoms with E-state index in [0.29, 0.717) is 31.0 Å². The van der Waals surface area contributed by atoms with E-state index >= 15 is 4.79 Å². The van der Waals surface area contributed by atoms with E-state index in [9.17, 15) is 0 Å². The summed E-state index contributed by atoms with van der Waals surface area (Å²) in [6, 6.07) is 18.0. The Morgan fingerprint density at radius 1 is 0.944 bits per heavy atom. The number of aryl methyl sites for hydroxylation is 7. The van der Waals surface area contributed by atoms with Crippen molar-refractivity contribution in [3.05, 3.63) is 111 Å². The van der Waals surface area contributed by atoms with Crippen molar-refractivity contribution in [2.75, 3.05) is 11.5 Å². The molecule has 9 nitrogen and oxygen atoms in total. The molecule has 0 aliphatic carbocycles. The number of carbonyl (C=O) groups excluding carboxylic acids is 1. The predicted octanol–water partition coefficient (Wildman–Crippen LogP) is 9.98. The van der Waals surface area contributed by atoms with Crippen molar-refractivity contribution in [3.63, 3.8) is 0 Å². The van der Waals surface area contributed by atoms with Gasteiger partial charge in [0, 0.05) is 75.9 Å². The number of rotatable bonds is 8. The van der Waals surface area contributed by atoms with Crippen LogP contribution in [-0.4, -0.2) is 46.9 Å². The number of hydrogen-bond acceptors (Lipinski definition) is 5. The van der Waals surface area contributed by atoms with Gasteiger partial charge in [0.25, 0.3) is 5.91 Å². The third-order valence-corrected chi connectivity index (χ3v) is 12.1. The van der Waals surface area contributed by atoms with Crippen molar-refractivity contribution in [1.82, 2.24) is 28.9 Å². The fourth-order valence-electron chi connectivity index (χ4n) is 8.21. The number of anilines is 1. The minimum atomic E-state index is -0.679. The molecule has 7 aromatic rings. The zero-order chi connectivity index (χ0) is 38.2. The first-order chi connectivity index (χ1) is 25.8. The van der Waals surface area contributed by atoms with Crippen LogP contribution in [0.15, 0.2) is 67.0 Å². The average molecular weight is 761 g/mol. The number of amides is 1. The molecule has 0 saturated carbocycles. The number of benzene rings is 3. The summed E-state index contributed by atoms with van der Waals surface area (Å²) in [5.74, 6) is 1.28. The van der Waals surface area contributed by atoms with Crippen LogP contribution in [-0.2, 0) is 20.5 Å². The topological polar surface area (TPSA) is 83.0 Å². The van der Waals surface area contributed by atoms with Crippen LogP contribution in [0.4, 0.5) is 5.69 Å². The summed E-state index contributed by atoms with van der Waals surface area (Å²) in [4.78, 5) is 26.3. The van der Waals surface area contributed by atoms with E-state index in [2.05, 4.69) is 58.7 Å². The highest BCUT2D eigenvalue weighted by Gasteiger charge is 2.42. The van der Waals surface area contributed by atoms with Crippen LogP contribution < -0.4 is 9.64 Å². The lowest BCUT2D eigenvalue weighted by molar-refractivity contribution is 0.0951. The molecular weight excluding hydrogens is 717 g/mol. The molecule has 0 radical (unpaired) electrons. The second-order valence-electron chi connectivity index (χ2n) is 14.6. The molecule has 5 heterocycles. The molecule has 2 atom stereocenters. The van der Waals surface area contributed by atoms with Crippen molar-refractivity contribution in [2.45, 2.75) is 65.9 Å². The van der Waals surface area contributed by atoms with E-state index in [4.69, 9.17) is 33.0 Å². The normalized spacial score (nSPS) is 15.8. The summed E-state index contributed by atoms with van der Waals surface area (Å²) < 4.78 is 12.4. The average Bonchev–Trinajstić information content (AvgIpc) is 3.75. The lowest BCUT2D eigenvalue weighted by atomic mass is 9.98. The van der Waals surface area contributed by atoms with Crippen molar-refractivity contribution < 1.29 is 9.53 Å². The maximum atomic E-state index is 15.3. The van der Waals surface area contributed by atoms with Gasteiger partial charge in [-0.05, 0) is 107 Å². The Morgan fingerprint density at radius 3 is 2.41 bits per heavy atom. The summed E-state index contributed by atoms with van der Waals surface area (Å²) >= 11 is 13.9. The third-order valence-electron chi connectivity index (χ3n) is 10.9. The monoisotopic (exact) mass is 759 g/mol. The molecular formula is C43H43Cl2N7O2. The molecule has 8 rings (SSSR count). The maximum absolute atomic E-state index is 15.3. The SMILES string of the molecule is Cc1ccnc(-c2ccc3c(c2)c(N2C(=O)c4c(CCCOc5cc(C)c(Cl)c(C)c5)c5cccc(-c6c(C)nn(C)c6C)c5n4C(C)[C@H]2Cl)cn3C)n1. The highest BCUT2D eigenvalue weighted by molar-refractivity contribution is 6.32. The number of alkyl halides is 1. The summed E-state index contributed by atoms with van der Waals surface area (Å²) in [5, 5.41) is 7.45. The Hall–Kier alpha value is -5.12.